The van der Waals surface area contributed by atoms with Gasteiger partial charge in [-0.2, -0.15) is 0 Å². The van der Waals surface area contributed by atoms with E-state index in [0.717, 1.165) is 5.56 Å². The molecule has 0 unspecified atom stereocenters. The highest BCUT2D eigenvalue weighted by atomic mass is 32.2. The summed E-state index contributed by atoms with van der Waals surface area (Å²) in [5, 5.41) is 0. The van der Waals surface area contributed by atoms with Crippen LogP contribution in [0, 0.1) is 0 Å². The van der Waals surface area contributed by atoms with Crippen LogP contribution in [0.1, 0.15) is 26.3 Å². The van der Waals surface area contributed by atoms with Crippen molar-refractivity contribution >= 4 is 28.4 Å². The number of hydrogen-bond acceptors (Lipinski definition) is 6. The van der Waals surface area contributed by atoms with Crippen LogP contribution in [0.15, 0.2) is 30.3 Å². The Morgan fingerprint density at radius 3 is 2.61 bits per heavy atom. The molecule has 3 atom stereocenters. The minimum Gasteiger partial charge on any atom is -0.470 e. The summed E-state index contributed by atoms with van der Waals surface area (Å²) in [6.45, 7) is 6.74. The van der Waals surface area contributed by atoms with Crippen molar-refractivity contribution in [2.75, 3.05) is 12.9 Å². The van der Waals surface area contributed by atoms with E-state index in [4.69, 9.17) is 31.2 Å². The molecule has 4 nitrogen and oxygen atoms in total. The third-order valence-electron chi connectivity index (χ3n) is 3.53. The number of hydrogen-bond donors (Lipinski definition) is 0. The normalized spacial score (nSPS) is 26.7. The van der Waals surface area contributed by atoms with E-state index in [2.05, 4.69) is 0 Å². The van der Waals surface area contributed by atoms with Crippen LogP contribution in [-0.4, -0.2) is 41.3 Å². The second-order valence-corrected chi connectivity index (χ2v) is 7.32. The van der Waals surface area contributed by atoms with Gasteiger partial charge in [-0.05, 0) is 44.8 Å². The Kier molecular flexibility index (Phi) is 6.85. The minimum absolute atomic E-state index is 0.130. The molecule has 1 heterocycles. The molecule has 1 saturated heterocycles. The Bertz CT molecular complexity index is 507. The molecule has 0 spiro atoms. The van der Waals surface area contributed by atoms with Gasteiger partial charge in [-0.25, -0.2) is 0 Å². The van der Waals surface area contributed by atoms with Crippen molar-refractivity contribution in [2.24, 2.45) is 0 Å². The van der Waals surface area contributed by atoms with E-state index >= 15 is 0 Å². The first-order valence-electron chi connectivity index (χ1n) is 7.63. The number of thiocarbonyl (C=S) groups is 1. The van der Waals surface area contributed by atoms with Gasteiger partial charge in [-0.3, -0.25) is 0 Å². The van der Waals surface area contributed by atoms with E-state index in [1.165, 1.54) is 11.8 Å². The first-order chi connectivity index (χ1) is 10.9. The van der Waals surface area contributed by atoms with Crippen molar-refractivity contribution in [1.29, 1.82) is 0 Å². The summed E-state index contributed by atoms with van der Waals surface area (Å²) < 4.78 is 24.0. The van der Waals surface area contributed by atoms with Gasteiger partial charge in [0.25, 0.3) is 0 Å². The molecule has 1 fully saturated rings. The SMILES string of the molecule is CSC(=S)O[C@H]1[C@H](C)OC(C)(C)O[C@H]1COCc1ccccc1. The molecule has 0 N–H and O–H groups in total. The van der Waals surface area contributed by atoms with Crippen molar-refractivity contribution in [2.45, 2.75) is 51.5 Å². The van der Waals surface area contributed by atoms with Gasteiger partial charge >= 0.3 is 0 Å². The maximum absolute atomic E-state index is 6.00. The molecule has 2 rings (SSSR count). The summed E-state index contributed by atoms with van der Waals surface area (Å²) in [7, 11) is 0. The van der Waals surface area contributed by atoms with Crippen LogP contribution < -0.4 is 0 Å². The average molecular weight is 357 g/mol. The van der Waals surface area contributed by atoms with Crippen LogP contribution in [-0.2, 0) is 25.6 Å². The highest BCUT2D eigenvalue weighted by molar-refractivity contribution is 8.22. The van der Waals surface area contributed by atoms with E-state index in [1.807, 2.05) is 57.4 Å². The zero-order chi connectivity index (χ0) is 16.9. The molecule has 1 aliphatic rings. The molecule has 6 heteroatoms. The third-order valence-corrected chi connectivity index (χ3v) is 4.55. The molecule has 0 bridgehead atoms. The van der Waals surface area contributed by atoms with Crippen molar-refractivity contribution < 1.29 is 18.9 Å². The van der Waals surface area contributed by atoms with Crippen LogP contribution >= 0.6 is 24.0 Å². The van der Waals surface area contributed by atoms with Gasteiger partial charge in [0.15, 0.2) is 11.9 Å². The Balaban J connectivity index is 1.96. The number of ether oxygens (including phenoxy) is 4. The number of rotatable bonds is 5. The van der Waals surface area contributed by atoms with Crippen molar-refractivity contribution in [3.63, 3.8) is 0 Å². The molecule has 0 amide bonds. The second kappa shape index (κ2) is 8.44. The molecule has 1 aromatic carbocycles. The lowest BCUT2D eigenvalue weighted by Gasteiger charge is -2.44. The van der Waals surface area contributed by atoms with Crippen LogP contribution in [0.5, 0.6) is 0 Å². The van der Waals surface area contributed by atoms with E-state index in [1.54, 1.807) is 0 Å². The topological polar surface area (TPSA) is 36.9 Å². The summed E-state index contributed by atoms with van der Waals surface area (Å²) >= 11 is 6.58. The average Bonchev–Trinajstić information content (AvgIpc) is 2.50. The summed E-state index contributed by atoms with van der Waals surface area (Å²) in [5.41, 5.74) is 1.13. The zero-order valence-corrected chi connectivity index (χ0v) is 15.6. The lowest BCUT2D eigenvalue weighted by molar-refractivity contribution is -0.331. The fourth-order valence-electron chi connectivity index (χ4n) is 2.60. The molecule has 1 aromatic rings. The highest BCUT2D eigenvalue weighted by Gasteiger charge is 2.43. The fourth-order valence-corrected chi connectivity index (χ4v) is 2.92. The fraction of sp³-hybridized carbons (Fsp3) is 0.588. The summed E-state index contributed by atoms with van der Waals surface area (Å²) in [5.74, 6) is -0.666. The lowest BCUT2D eigenvalue weighted by atomic mass is 10.1. The van der Waals surface area contributed by atoms with Crippen LogP contribution in [0.3, 0.4) is 0 Å². The standard InChI is InChI=1S/C17H24O4S2/c1-12-15(19-16(22)23-4)14(21-17(2,3)20-12)11-18-10-13-8-6-5-7-9-13/h5-9,12,14-15H,10-11H2,1-4H3/t12-,14-,15-/m0/s1. The van der Waals surface area contributed by atoms with Gasteiger partial charge in [0, 0.05) is 0 Å². The monoisotopic (exact) mass is 356 g/mol. The summed E-state index contributed by atoms with van der Waals surface area (Å²) in [6.07, 6.45) is 1.25. The predicted octanol–water partition coefficient (Wildman–Crippen LogP) is 3.78. The summed E-state index contributed by atoms with van der Waals surface area (Å²) in [6, 6.07) is 10.1. The van der Waals surface area contributed by atoms with E-state index in [9.17, 15) is 0 Å². The molecular weight excluding hydrogens is 332 g/mol. The Morgan fingerprint density at radius 2 is 1.96 bits per heavy atom. The third kappa shape index (κ3) is 5.72. The molecule has 0 saturated carbocycles. The predicted molar refractivity (Wildman–Crippen MR) is 96.6 cm³/mol. The van der Waals surface area contributed by atoms with Crippen LogP contribution in [0.2, 0.25) is 0 Å². The van der Waals surface area contributed by atoms with Crippen LogP contribution in [0.4, 0.5) is 0 Å². The van der Waals surface area contributed by atoms with Crippen molar-refractivity contribution in [1.82, 2.24) is 0 Å². The smallest absolute Gasteiger partial charge is 0.220 e. The van der Waals surface area contributed by atoms with Crippen LogP contribution in [0.25, 0.3) is 0 Å². The summed E-state index contributed by atoms with van der Waals surface area (Å²) in [4.78, 5) is 0. The van der Waals surface area contributed by atoms with Gasteiger partial charge in [0.2, 0.25) is 4.38 Å². The Hall–Kier alpha value is -0.660. The van der Waals surface area contributed by atoms with E-state index in [0.29, 0.717) is 17.6 Å². The first-order valence-corrected chi connectivity index (χ1v) is 9.26. The largest absolute Gasteiger partial charge is 0.470 e. The molecule has 1 aliphatic heterocycles. The van der Waals surface area contributed by atoms with Gasteiger partial charge in [-0.15, -0.1) is 0 Å². The first kappa shape index (κ1) is 18.7. The van der Waals surface area contributed by atoms with Crippen molar-refractivity contribution in [3.05, 3.63) is 35.9 Å². The lowest BCUT2D eigenvalue weighted by Crippen LogP contribution is -2.56. The van der Waals surface area contributed by atoms with Gasteiger partial charge in [0.05, 0.1) is 19.3 Å². The zero-order valence-electron chi connectivity index (χ0n) is 14.0. The number of thioether (sulfide) groups is 1. The number of benzene rings is 1. The molecule has 23 heavy (non-hydrogen) atoms. The minimum atomic E-state index is -0.666. The quantitative estimate of drug-likeness (QED) is 0.748. The van der Waals surface area contributed by atoms with Gasteiger partial charge in [-0.1, -0.05) is 42.1 Å². The maximum Gasteiger partial charge on any atom is 0.220 e. The molecule has 0 radical (unpaired) electrons. The highest BCUT2D eigenvalue weighted by Crippen LogP contribution is 2.30. The van der Waals surface area contributed by atoms with E-state index in [-0.39, 0.29) is 18.3 Å². The van der Waals surface area contributed by atoms with Gasteiger partial charge < -0.3 is 18.9 Å². The van der Waals surface area contributed by atoms with E-state index < -0.39 is 5.79 Å². The van der Waals surface area contributed by atoms with Crippen molar-refractivity contribution in [3.8, 4) is 0 Å². The maximum atomic E-state index is 6.00. The molecule has 0 aromatic heterocycles. The second-order valence-electron chi connectivity index (χ2n) is 5.92. The Labute approximate surface area is 147 Å². The molecule has 0 aliphatic carbocycles. The Morgan fingerprint density at radius 1 is 1.26 bits per heavy atom. The molecule has 128 valence electrons. The molecular formula is C17H24O4S2. The van der Waals surface area contributed by atoms with Gasteiger partial charge in [0.1, 0.15) is 6.10 Å².